The molecule has 1 aromatic heterocycles. The number of nitrogens with zero attached hydrogens (tertiary/aromatic N) is 3. The first-order chi connectivity index (χ1) is 14.2. The second kappa shape index (κ2) is 8.11. The first-order valence-electron chi connectivity index (χ1n) is 9.76. The Hall–Kier alpha value is -2.26. The van der Waals surface area contributed by atoms with Gasteiger partial charge in [0, 0.05) is 42.3 Å². The molecule has 0 unspecified atom stereocenters. The highest BCUT2D eigenvalue weighted by molar-refractivity contribution is 6.31. The van der Waals surface area contributed by atoms with Crippen LogP contribution in [0.25, 0.3) is 0 Å². The molecule has 1 aliphatic carbocycles. The zero-order valence-electron chi connectivity index (χ0n) is 16.4. The number of benzene rings is 1. The number of carbonyl (C=O) groups is 1. The van der Waals surface area contributed by atoms with E-state index < -0.39 is 17.8 Å². The molecule has 1 fully saturated rings. The van der Waals surface area contributed by atoms with Gasteiger partial charge in [0.1, 0.15) is 12.3 Å². The van der Waals surface area contributed by atoms with Gasteiger partial charge in [-0.1, -0.05) is 11.6 Å². The maximum absolute atomic E-state index is 13.6. The van der Waals surface area contributed by atoms with Crippen LogP contribution in [0.2, 0.25) is 5.02 Å². The molecule has 0 saturated heterocycles. The van der Waals surface area contributed by atoms with Gasteiger partial charge < -0.3 is 10.1 Å². The van der Waals surface area contributed by atoms with Gasteiger partial charge in [0.2, 0.25) is 5.91 Å². The molecular weight excluding hydrogens is 421 g/mol. The Morgan fingerprint density at radius 2 is 2.13 bits per heavy atom. The lowest BCUT2D eigenvalue weighted by atomic mass is 10.0. The van der Waals surface area contributed by atoms with Gasteiger partial charge >= 0.3 is 6.18 Å². The van der Waals surface area contributed by atoms with Gasteiger partial charge in [-0.3, -0.25) is 14.4 Å². The number of ether oxygens (including phenoxy) is 1. The number of halogens is 4. The zero-order valence-corrected chi connectivity index (χ0v) is 17.2. The van der Waals surface area contributed by atoms with E-state index in [0.717, 1.165) is 19.4 Å². The van der Waals surface area contributed by atoms with Gasteiger partial charge in [-0.2, -0.15) is 18.3 Å². The number of methoxy groups -OCH3 is 1. The highest BCUT2D eigenvalue weighted by atomic mass is 35.5. The van der Waals surface area contributed by atoms with Crippen molar-refractivity contribution in [1.29, 1.82) is 0 Å². The molecule has 1 amide bonds. The van der Waals surface area contributed by atoms with E-state index >= 15 is 0 Å². The molecule has 1 N–H and O–H groups in total. The van der Waals surface area contributed by atoms with Crippen LogP contribution >= 0.6 is 11.6 Å². The third-order valence-electron chi connectivity index (χ3n) is 5.42. The number of hydrogen-bond donors (Lipinski definition) is 1. The standard InChI is InChI=1S/C20H22ClF3N4O2/c1-30-17-5-4-13(21)8-15(17)25-18(29)11-28-16-6-7-27(9-12-2-3-12)10-14(16)19(26-28)20(22,23)24/h4-5,8,12H,2-3,6-7,9-11H2,1H3,(H,25,29). The number of anilines is 1. The second-order valence-corrected chi connectivity index (χ2v) is 8.19. The Kier molecular flexibility index (Phi) is 5.67. The van der Waals surface area contributed by atoms with Crippen molar-refractivity contribution in [2.45, 2.75) is 38.5 Å². The van der Waals surface area contributed by atoms with Crippen molar-refractivity contribution in [3.8, 4) is 5.75 Å². The first kappa shape index (κ1) is 21.0. The average Bonchev–Trinajstić information content (AvgIpc) is 3.41. The van der Waals surface area contributed by atoms with Crippen LogP contribution in [0.15, 0.2) is 18.2 Å². The molecule has 6 nitrogen and oxygen atoms in total. The fraction of sp³-hybridized carbons (Fsp3) is 0.500. The minimum atomic E-state index is -4.56. The van der Waals surface area contributed by atoms with Crippen molar-refractivity contribution >= 4 is 23.2 Å². The van der Waals surface area contributed by atoms with Crippen molar-refractivity contribution in [3.05, 3.63) is 40.2 Å². The third-order valence-corrected chi connectivity index (χ3v) is 5.66. The Labute approximate surface area is 176 Å². The molecule has 30 heavy (non-hydrogen) atoms. The lowest BCUT2D eigenvalue weighted by Gasteiger charge is -2.27. The van der Waals surface area contributed by atoms with Gasteiger partial charge in [0.25, 0.3) is 0 Å². The number of carbonyl (C=O) groups excluding carboxylic acids is 1. The van der Waals surface area contributed by atoms with Crippen LogP contribution in [-0.4, -0.2) is 40.8 Å². The van der Waals surface area contributed by atoms with E-state index in [0.29, 0.717) is 41.0 Å². The number of alkyl halides is 3. The number of fused-ring (bicyclic) bond motifs is 1. The number of hydrogen-bond acceptors (Lipinski definition) is 4. The summed E-state index contributed by atoms with van der Waals surface area (Å²) in [5, 5.41) is 6.83. The van der Waals surface area contributed by atoms with E-state index in [-0.39, 0.29) is 18.7 Å². The van der Waals surface area contributed by atoms with E-state index in [2.05, 4.69) is 15.3 Å². The molecular formula is C20H22ClF3N4O2. The molecule has 162 valence electrons. The van der Waals surface area contributed by atoms with Gasteiger partial charge in [-0.15, -0.1) is 0 Å². The molecule has 2 heterocycles. The Morgan fingerprint density at radius 1 is 1.37 bits per heavy atom. The summed E-state index contributed by atoms with van der Waals surface area (Å²) in [5.74, 6) is 0.492. The minimum absolute atomic E-state index is 0.183. The highest BCUT2D eigenvalue weighted by Gasteiger charge is 2.41. The molecule has 1 aliphatic heterocycles. The van der Waals surface area contributed by atoms with Gasteiger partial charge in [-0.05, 0) is 37.0 Å². The van der Waals surface area contributed by atoms with Crippen LogP contribution in [0.5, 0.6) is 5.75 Å². The number of aromatic nitrogens is 2. The van der Waals surface area contributed by atoms with Crippen LogP contribution in [0.3, 0.4) is 0 Å². The van der Waals surface area contributed by atoms with Crippen molar-refractivity contribution in [3.63, 3.8) is 0 Å². The fourth-order valence-electron chi connectivity index (χ4n) is 3.83. The van der Waals surface area contributed by atoms with Crippen molar-refractivity contribution in [2.24, 2.45) is 5.92 Å². The van der Waals surface area contributed by atoms with E-state index in [1.54, 1.807) is 12.1 Å². The van der Waals surface area contributed by atoms with Crippen LogP contribution in [0.1, 0.15) is 29.8 Å². The van der Waals surface area contributed by atoms with E-state index in [1.807, 2.05) is 0 Å². The topological polar surface area (TPSA) is 59.4 Å². The molecule has 0 spiro atoms. The number of nitrogens with one attached hydrogen (secondary N) is 1. The van der Waals surface area contributed by atoms with E-state index in [4.69, 9.17) is 16.3 Å². The molecule has 2 aliphatic rings. The normalized spacial score (nSPS) is 17.0. The maximum atomic E-state index is 13.6. The van der Waals surface area contributed by atoms with Crippen LogP contribution < -0.4 is 10.1 Å². The minimum Gasteiger partial charge on any atom is -0.495 e. The molecule has 4 rings (SSSR count). The molecule has 0 bridgehead atoms. The lowest BCUT2D eigenvalue weighted by Crippen LogP contribution is -2.34. The summed E-state index contributed by atoms with van der Waals surface area (Å²) in [6.07, 6.45) is -1.85. The summed E-state index contributed by atoms with van der Waals surface area (Å²) in [6, 6.07) is 4.74. The van der Waals surface area contributed by atoms with Crippen molar-refractivity contribution in [1.82, 2.24) is 14.7 Å². The average molecular weight is 443 g/mol. The van der Waals surface area contributed by atoms with E-state index in [9.17, 15) is 18.0 Å². The maximum Gasteiger partial charge on any atom is 0.435 e. The van der Waals surface area contributed by atoms with E-state index in [1.165, 1.54) is 17.9 Å². The van der Waals surface area contributed by atoms with Gasteiger partial charge in [0.15, 0.2) is 5.69 Å². The molecule has 1 aromatic carbocycles. The second-order valence-electron chi connectivity index (χ2n) is 7.75. The van der Waals surface area contributed by atoms with Crippen molar-refractivity contribution < 1.29 is 22.7 Å². The summed E-state index contributed by atoms with van der Waals surface area (Å²) >= 11 is 5.97. The summed E-state index contributed by atoms with van der Waals surface area (Å²) in [4.78, 5) is 14.6. The van der Waals surface area contributed by atoms with Crippen LogP contribution in [0, 0.1) is 5.92 Å². The predicted octanol–water partition coefficient (Wildman–Crippen LogP) is 3.97. The number of amides is 1. The Bertz CT molecular complexity index is 956. The largest absolute Gasteiger partial charge is 0.495 e. The third kappa shape index (κ3) is 4.57. The van der Waals surface area contributed by atoms with Gasteiger partial charge in [0.05, 0.1) is 12.8 Å². The molecule has 1 saturated carbocycles. The zero-order chi connectivity index (χ0) is 21.5. The summed E-state index contributed by atoms with van der Waals surface area (Å²) in [7, 11) is 1.45. The smallest absolute Gasteiger partial charge is 0.435 e. The monoisotopic (exact) mass is 442 g/mol. The Morgan fingerprint density at radius 3 is 2.80 bits per heavy atom. The summed E-state index contributed by atoms with van der Waals surface area (Å²) in [5.41, 5.74) is 0.110. The molecule has 0 atom stereocenters. The molecule has 10 heteroatoms. The number of rotatable bonds is 6. The lowest BCUT2D eigenvalue weighted by molar-refractivity contribution is -0.142. The van der Waals surface area contributed by atoms with Crippen LogP contribution in [0.4, 0.5) is 18.9 Å². The summed E-state index contributed by atoms with van der Waals surface area (Å²) in [6.45, 7) is 1.37. The van der Waals surface area contributed by atoms with Gasteiger partial charge in [-0.25, -0.2) is 0 Å². The van der Waals surface area contributed by atoms with Crippen molar-refractivity contribution in [2.75, 3.05) is 25.5 Å². The quantitative estimate of drug-likeness (QED) is 0.735. The van der Waals surface area contributed by atoms with Crippen LogP contribution in [-0.2, 0) is 30.5 Å². The SMILES string of the molecule is COc1ccc(Cl)cc1NC(=O)Cn1nc(C(F)(F)F)c2c1CCN(CC1CC1)C2. The first-order valence-corrected chi connectivity index (χ1v) is 10.1. The predicted molar refractivity (Wildman–Crippen MR) is 106 cm³/mol. The molecule has 0 radical (unpaired) electrons. The highest BCUT2D eigenvalue weighted by Crippen LogP contribution is 2.37. The summed E-state index contributed by atoms with van der Waals surface area (Å²) < 4.78 is 47.1. The fourth-order valence-corrected chi connectivity index (χ4v) is 4.00. The molecule has 2 aromatic rings. The Balaban J connectivity index is 1.55.